The SMILES string of the molecule is COc1ccc(S(=O)(=O)NCC(=O)NCc2ccc(Cl)cc2Cl)cc1OC. The van der Waals surface area contributed by atoms with Gasteiger partial charge in [0.25, 0.3) is 0 Å². The molecule has 0 heterocycles. The zero-order valence-electron chi connectivity index (χ0n) is 14.6. The van der Waals surface area contributed by atoms with Gasteiger partial charge in [0.2, 0.25) is 15.9 Å². The Labute approximate surface area is 167 Å². The molecule has 0 bridgehead atoms. The summed E-state index contributed by atoms with van der Waals surface area (Å²) in [5.41, 5.74) is 0.664. The summed E-state index contributed by atoms with van der Waals surface area (Å²) in [6, 6.07) is 9.02. The maximum Gasteiger partial charge on any atom is 0.241 e. The second-order valence-corrected chi connectivity index (χ2v) is 7.96. The standard InChI is InChI=1S/C17H18Cl2N2O5S/c1-25-15-6-5-13(8-16(15)26-2)27(23,24)21-10-17(22)20-9-11-3-4-12(18)7-14(11)19/h3-8,21H,9-10H2,1-2H3,(H,20,22). The average Bonchev–Trinajstić information content (AvgIpc) is 2.65. The van der Waals surface area contributed by atoms with Crippen LogP contribution in [0.4, 0.5) is 0 Å². The van der Waals surface area contributed by atoms with E-state index < -0.39 is 22.5 Å². The Morgan fingerprint density at radius 3 is 2.37 bits per heavy atom. The van der Waals surface area contributed by atoms with Crippen LogP contribution in [-0.2, 0) is 21.4 Å². The molecule has 0 atom stereocenters. The summed E-state index contributed by atoms with van der Waals surface area (Å²) < 4.78 is 37.1. The minimum Gasteiger partial charge on any atom is -0.493 e. The molecule has 0 aliphatic rings. The Balaban J connectivity index is 1.97. The summed E-state index contributed by atoms with van der Waals surface area (Å²) in [4.78, 5) is 11.9. The van der Waals surface area contributed by atoms with E-state index in [-0.39, 0.29) is 17.2 Å². The molecule has 27 heavy (non-hydrogen) atoms. The summed E-state index contributed by atoms with van der Waals surface area (Å²) in [5.74, 6) is 0.154. The number of nitrogens with one attached hydrogen (secondary N) is 2. The van der Waals surface area contributed by atoms with Crippen LogP contribution in [0, 0.1) is 0 Å². The van der Waals surface area contributed by atoms with Crippen molar-refractivity contribution in [1.29, 1.82) is 0 Å². The molecule has 2 N–H and O–H groups in total. The van der Waals surface area contributed by atoms with E-state index >= 15 is 0 Å². The molecule has 0 fully saturated rings. The topological polar surface area (TPSA) is 93.7 Å². The first kappa shape index (κ1) is 21.3. The molecule has 2 rings (SSSR count). The van der Waals surface area contributed by atoms with Gasteiger partial charge in [0.15, 0.2) is 11.5 Å². The van der Waals surface area contributed by atoms with Crippen LogP contribution in [0.15, 0.2) is 41.3 Å². The number of benzene rings is 2. The van der Waals surface area contributed by atoms with Crippen LogP contribution in [0.2, 0.25) is 10.0 Å². The van der Waals surface area contributed by atoms with Crippen molar-refractivity contribution in [3.63, 3.8) is 0 Å². The minimum atomic E-state index is -3.90. The van der Waals surface area contributed by atoms with Crippen molar-refractivity contribution >= 4 is 39.1 Å². The van der Waals surface area contributed by atoms with Gasteiger partial charge in [-0.05, 0) is 29.8 Å². The molecule has 0 unspecified atom stereocenters. The molecule has 2 aromatic rings. The predicted molar refractivity (Wildman–Crippen MR) is 103 cm³/mol. The van der Waals surface area contributed by atoms with E-state index in [1.54, 1.807) is 18.2 Å². The van der Waals surface area contributed by atoms with Crippen molar-refractivity contribution in [1.82, 2.24) is 10.0 Å². The molecule has 0 radical (unpaired) electrons. The van der Waals surface area contributed by atoms with Gasteiger partial charge in [0, 0.05) is 22.7 Å². The third-order valence-corrected chi connectivity index (χ3v) is 5.57. The summed E-state index contributed by atoms with van der Waals surface area (Å²) in [6.07, 6.45) is 0. The average molecular weight is 433 g/mol. The monoisotopic (exact) mass is 432 g/mol. The highest BCUT2D eigenvalue weighted by Crippen LogP contribution is 2.29. The van der Waals surface area contributed by atoms with Gasteiger partial charge < -0.3 is 14.8 Å². The van der Waals surface area contributed by atoms with Crippen molar-refractivity contribution in [2.45, 2.75) is 11.4 Å². The number of hydrogen-bond acceptors (Lipinski definition) is 5. The summed E-state index contributed by atoms with van der Waals surface area (Å²) in [6.45, 7) is -0.283. The molecule has 0 saturated carbocycles. The zero-order valence-corrected chi connectivity index (χ0v) is 16.9. The maximum atomic E-state index is 12.3. The molecular formula is C17H18Cl2N2O5S. The van der Waals surface area contributed by atoms with E-state index in [0.29, 0.717) is 21.4 Å². The number of halogens is 2. The first-order valence-electron chi connectivity index (χ1n) is 7.69. The third kappa shape index (κ3) is 5.74. The summed E-state index contributed by atoms with van der Waals surface area (Å²) in [5, 5.41) is 3.48. The number of rotatable bonds is 8. The van der Waals surface area contributed by atoms with Crippen LogP contribution in [-0.4, -0.2) is 35.1 Å². The highest BCUT2D eigenvalue weighted by Gasteiger charge is 2.18. The quantitative estimate of drug-likeness (QED) is 0.668. The number of amides is 1. The third-order valence-electron chi connectivity index (χ3n) is 3.58. The van der Waals surface area contributed by atoms with Gasteiger partial charge in [-0.3, -0.25) is 4.79 Å². The van der Waals surface area contributed by atoms with E-state index in [4.69, 9.17) is 32.7 Å². The van der Waals surface area contributed by atoms with Gasteiger partial charge in [-0.1, -0.05) is 29.3 Å². The van der Waals surface area contributed by atoms with Crippen LogP contribution < -0.4 is 19.5 Å². The largest absolute Gasteiger partial charge is 0.493 e. The lowest BCUT2D eigenvalue weighted by atomic mass is 10.2. The van der Waals surface area contributed by atoms with Crippen molar-refractivity contribution in [3.8, 4) is 11.5 Å². The fourth-order valence-electron chi connectivity index (χ4n) is 2.15. The summed E-state index contributed by atoms with van der Waals surface area (Å²) in [7, 11) is -1.05. The Kier molecular flexibility index (Phi) is 7.32. The van der Waals surface area contributed by atoms with Crippen molar-refractivity contribution < 1.29 is 22.7 Å². The fraction of sp³-hybridized carbons (Fsp3) is 0.235. The van der Waals surface area contributed by atoms with Crippen LogP contribution in [0.3, 0.4) is 0 Å². The van der Waals surface area contributed by atoms with Crippen LogP contribution >= 0.6 is 23.2 Å². The molecule has 0 spiro atoms. The van der Waals surface area contributed by atoms with E-state index in [0.717, 1.165) is 0 Å². The molecule has 7 nitrogen and oxygen atoms in total. The zero-order chi connectivity index (χ0) is 20.0. The minimum absolute atomic E-state index is 0.0475. The molecular weight excluding hydrogens is 415 g/mol. The predicted octanol–water partition coefficient (Wildman–Crippen LogP) is 2.61. The number of ether oxygens (including phenoxy) is 2. The van der Waals surface area contributed by atoms with Gasteiger partial charge in [-0.2, -0.15) is 0 Å². The Bertz CT molecular complexity index is 935. The molecule has 0 aromatic heterocycles. The lowest BCUT2D eigenvalue weighted by Gasteiger charge is -2.11. The van der Waals surface area contributed by atoms with Gasteiger partial charge in [0.1, 0.15) is 0 Å². The number of carbonyl (C=O) groups excluding carboxylic acids is 1. The first-order valence-corrected chi connectivity index (χ1v) is 9.93. The first-order chi connectivity index (χ1) is 12.8. The lowest BCUT2D eigenvalue weighted by molar-refractivity contribution is -0.120. The van der Waals surface area contributed by atoms with Crippen molar-refractivity contribution in [2.75, 3.05) is 20.8 Å². The molecule has 2 aromatic carbocycles. The fourth-order valence-corrected chi connectivity index (χ4v) is 3.62. The van der Waals surface area contributed by atoms with Crippen molar-refractivity contribution in [3.05, 3.63) is 52.0 Å². The molecule has 0 aliphatic heterocycles. The number of methoxy groups -OCH3 is 2. The van der Waals surface area contributed by atoms with Gasteiger partial charge in [-0.25, -0.2) is 13.1 Å². The second-order valence-electron chi connectivity index (χ2n) is 5.35. The van der Waals surface area contributed by atoms with Crippen LogP contribution in [0.5, 0.6) is 11.5 Å². The van der Waals surface area contributed by atoms with Crippen molar-refractivity contribution in [2.24, 2.45) is 0 Å². The Morgan fingerprint density at radius 2 is 1.74 bits per heavy atom. The smallest absolute Gasteiger partial charge is 0.241 e. The van der Waals surface area contributed by atoms with E-state index in [2.05, 4.69) is 10.0 Å². The normalized spacial score (nSPS) is 11.1. The maximum absolute atomic E-state index is 12.3. The van der Waals surface area contributed by atoms with Crippen LogP contribution in [0.1, 0.15) is 5.56 Å². The Hall–Kier alpha value is -2.00. The Morgan fingerprint density at radius 1 is 1.04 bits per heavy atom. The number of sulfonamides is 1. The van der Waals surface area contributed by atoms with Crippen LogP contribution in [0.25, 0.3) is 0 Å². The van der Waals surface area contributed by atoms with E-state index in [1.807, 2.05) is 0 Å². The number of carbonyl (C=O) groups is 1. The highest BCUT2D eigenvalue weighted by molar-refractivity contribution is 7.89. The number of hydrogen-bond donors (Lipinski definition) is 2. The van der Waals surface area contributed by atoms with Gasteiger partial charge >= 0.3 is 0 Å². The molecule has 0 saturated heterocycles. The molecule has 10 heteroatoms. The lowest BCUT2D eigenvalue weighted by Crippen LogP contribution is -2.36. The molecule has 146 valence electrons. The van der Waals surface area contributed by atoms with E-state index in [1.165, 1.54) is 32.4 Å². The molecule has 0 aliphatic carbocycles. The van der Waals surface area contributed by atoms with Gasteiger partial charge in [-0.15, -0.1) is 0 Å². The second kappa shape index (κ2) is 9.27. The highest BCUT2D eigenvalue weighted by atomic mass is 35.5. The summed E-state index contributed by atoms with van der Waals surface area (Å²) >= 11 is 11.8. The van der Waals surface area contributed by atoms with Gasteiger partial charge in [0.05, 0.1) is 25.7 Å². The molecule has 1 amide bonds. The van der Waals surface area contributed by atoms with E-state index in [9.17, 15) is 13.2 Å².